The van der Waals surface area contributed by atoms with Crippen LogP contribution in [0.5, 0.6) is 11.5 Å². The Kier molecular flexibility index (Phi) is 14.8. The molecular weight excluding hydrogens is 770 g/mol. The molecule has 2 nitrogen and oxygen atoms in total. The summed E-state index contributed by atoms with van der Waals surface area (Å²) in [6.07, 6.45) is -4.21. The number of ether oxygens (including phenoxy) is 2. The highest BCUT2D eigenvalue weighted by Gasteiger charge is 2.29. The van der Waals surface area contributed by atoms with Gasteiger partial charge in [0.05, 0.1) is 12.2 Å². The van der Waals surface area contributed by atoms with Crippen molar-refractivity contribution in [3.63, 3.8) is 0 Å². The second kappa shape index (κ2) is 20.5. The molecule has 9 aromatic rings. The van der Waals surface area contributed by atoms with Gasteiger partial charge in [0, 0.05) is 20.2 Å². The van der Waals surface area contributed by atoms with Crippen LogP contribution >= 0.6 is 11.3 Å². The molecule has 8 aromatic carbocycles. The molecule has 0 spiro atoms. The number of rotatable bonds is 6. The van der Waals surface area contributed by atoms with E-state index in [2.05, 4.69) is 142 Å². The van der Waals surface area contributed by atoms with Crippen LogP contribution in [0, 0.1) is 27.7 Å². The van der Waals surface area contributed by atoms with E-state index in [-0.39, 0.29) is 0 Å². The molecule has 304 valence electrons. The van der Waals surface area contributed by atoms with Crippen molar-refractivity contribution in [1.82, 2.24) is 0 Å². The zero-order chi connectivity index (χ0) is 42.5. The van der Waals surface area contributed by atoms with Crippen LogP contribution in [0.4, 0.5) is 13.2 Å². The van der Waals surface area contributed by atoms with Gasteiger partial charge in [-0.05, 0) is 116 Å². The maximum atomic E-state index is 11.9. The van der Waals surface area contributed by atoms with Crippen molar-refractivity contribution >= 4 is 42.3 Å². The van der Waals surface area contributed by atoms with Gasteiger partial charge in [-0.25, -0.2) is 0 Å². The molecule has 0 aliphatic heterocycles. The van der Waals surface area contributed by atoms with Gasteiger partial charge in [0.25, 0.3) is 0 Å². The first-order valence-corrected chi connectivity index (χ1v) is 20.8. The second-order valence-electron chi connectivity index (χ2n) is 14.6. The summed E-state index contributed by atoms with van der Waals surface area (Å²) in [7, 11) is 0. The SMILES string of the molecule is CCOc1ccc2cc(C)ccc2c1.Cc1ccc(-c2ccc(OCc3ccccc3)cc2)cc1.Cc1ccc(C(F)(F)F)cc1.Cc1ccc2c(c1)sc1ccccc12. The summed E-state index contributed by atoms with van der Waals surface area (Å²) in [4.78, 5) is 0. The minimum atomic E-state index is -4.21. The maximum absolute atomic E-state index is 11.9. The van der Waals surface area contributed by atoms with Crippen LogP contribution < -0.4 is 9.47 Å². The Morgan fingerprint density at radius 3 is 1.63 bits per heavy atom. The fraction of sp³-hybridized carbons (Fsp3) is 0.148. The molecule has 0 unspecified atom stereocenters. The molecule has 0 radical (unpaired) electrons. The van der Waals surface area contributed by atoms with Gasteiger partial charge in [-0.1, -0.05) is 150 Å². The number of alkyl halides is 3. The molecule has 1 heterocycles. The summed E-state index contributed by atoms with van der Waals surface area (Å²) in [6, 6.07) is 60.0. The fourth-order valence-electron chi connectivity index (χ4n) is 6.41. The topological polar surface area (TPSA) is 18.5 Å². The lowest BCUT2D eigenvalue weighted by atomic mass is 10.0. The summed E-state index contributed by atoms with van der Waals surface area (Å²) in [5.74, 6) is 1.85. The van der Waals surface area contributed by atoms with Crippen LogP contribution in [0.25, 0.3) is 42.1 Å². The van der Waals surface area contributed by atoms with E-state index in [4.69, 9.17) is 9.47 Å². The molecule has 0 saturated carbocycles. The zero-order valence-electron chi connectivity index (χ0n) is 34.6. The predicted molar refractivity (Wildman–Crippen MR) is 247 cm³/mol. The van der Waals surface area contributed by atoms with E-state index < -0.39 is 11.7 Å². The lowest BCUT2D eigenvalue weighted by molar-refractivity contribution is -0.137. The van der Waals surface area contributed by atoms with Gasteiger partial charge in [-0.15, -0.1) is 11.3 Å². The van der Waals surface area contributed by atoms with Gasteiger partial charge in [0.2, 0.25) is 0 Å². The molecule has 60 heavy (non-hydrogen) atoms. The third-order valence-corrected chi connectivity index (χ3v) is 10.8. The number of hydrogen-bond acceptors (Lipinski definition) is 3. The fourth-order valence-corrected chi connectivity index (χ4v) is 7.61. The normalized spacial score (nSPS) is 10.8. The minimum absolute atomic E-state index is 0.594. The van der Waals surface area contributed by atoms with E-state index in [1.165, 1.54) is 76.5 Å². The van der Waals surface area contributed by atoms with E-state index in [1.54, 1.807) is 6.92 Å². The van der Waals surface area contributed by atoms with Crippen molar-refractivity contribution in [2.75, 3.05) is 6.61 Å². The third-order valence-electron chi connectivity index (χ3n) is 9.68. The molecule has 0 amide bonds. The van der Waals surface area contributed by atoms with Crippen LogP contribution in [0.2, 0.25) is 0 Å². The zero-order valence-corrected chi connectivity index (χ0v) is 35.4. The van der Waals surface area contributed by atoms with Gasteiger partial charge in [-0.3, -0.25) is 0 Å². The van der Waals surface area contributed by atoms with Crippen LogP contribution in [-0.4, -0.2) is 6.61 Å². The number of fused-ring (bicyclic) bond motifs is 4. The molecular formula is C54H49F3O2S. The van der Waals surface area contributed by atoms with Crippen LogP contribution in [0.15, 0.2) is 182 Å². The summed E-state index contributed by atoms with van der Waals surface area (Å²) in [5.41, 5.74) is 7.77. The Morgan fingerprint density at radius 2 is 0.967 bits per heavy atom. The van der Waals surface area contributed by atoms with Gasteiger partial charge in [0.15, 0.2) is 0 Å². The Labute approximate surface area is 355 Å². The monoisotopic (exact) mass is 818 g/mol. The molecule has 0 fully saturated rings. The summed E-state index contributed by atoms with van der Waals surface area (Å²) >= 11 is 1.88. The Balaban J connectivity index is 0.000000138. The number of halogens is 3. The van der Waals surface area contributed by atoms with Crippen molar-refractivity contribution in [2.45, 2.75) is 47.4 Å². The lowest BCUT2D eigenvalue weighted by Gasteiger charge is -2.08. The first-order chi connectivity index (χ1) is 28.9. The van der Waals surface area contributed by atoms with Crippen molar-refractivity contribution in [3.05, 3.63) is 215 Å². The first-order valence-electron chi connectivity index (χ1n) is 19.9. The Bertz CT molecular complexity index is 2720. The maximum Gasteiger partial charge on any atom is 0.416 e. The van der Waals surface area contributed by atoms with E-state index in [0.717, 1.165) is 35.8 Å². The van der Waals surface area contributed by atoms with Gasteiger partial charge in [-0.2, -0.15) is 13.2 Å². The highest BCUT2D eigenvalue weighted by molar-refractivity contribution is 7.25. The summed E-state index contributed by atoms with van der Waals surface area (Å²) in [6.45, 7) is 11.4. The van der Waals surface area contributed by atoms with Gasteiger partial charge in [0.1, 0.15) is 18.1 Å². The molecule has 0 N–H and O–H groups in total. The van der Waals surface area contributed by atoms with Crippen molar-refractivity contribution in [3.8, 4) is 22.6 Å². The highest BCUT2D eigenvalue weighted by atomic mass is 32.1. The van der Waals surface area contributed by atoms with Crippen molar-refractivity contribution < 1.29 is 22.6 Å². The smallest absolute Gasteiger partial charge is 0.416 e. The highest BCUT2D eigenvalue weighted by Crippen LogP contribution is 2.34. The third kappa shape index (κ3) is 12.3. The quantitative estimate of drug-likeness (QED) is 0.166. The number of aryl methyl sites for hydroxylation is 4. The van der Waals surface area contributed by atoms with E-state index in [1.807, 2.05) is 54.7 Å². The largest absolute Gasteiger partial charge is 0.494 e. The lowest BCUT2D eigenvalue weighted by Crippen LogP contribution is -2.03. The number of thiophene rings is 1. The molecule has 0 atom stereocenters. The molecule has 0 aliphatic rings. The Morgan fingerprint density at radius 1 is 0.450 bits per heavy atom. The van der Waals surface area contributed by atoms with Crippen LogP contribution in [0.3, 0.4) is 0 Å². The van der Waals surface area contributed by atoms with Crippen molar-refractivity contribution in [2.24, 2.45) is 0 Å². The first kappa shape index (κ1) is 43.2. The number of hydrogen-bond donors (Lipinski definition) is 0. The minimum Gasteiger partial charge on any atom is -0.494 e. The average Bonchev–Trinajstić information content (AvgIpc) is 3.62. The molecule has 0 aliphatic carbocycles. The summed E-state index contributed by atoms with van der Waals surface area (Å²) in [5, 5.41) is 5.28. The molecule has 0 saturated heterocycles. The van der Waals surface area contributed by atoms with Gasteiger partial charge >= 0.3 is 6.18 Å². The van der Waals surface area contributed by atoms with Crippen LogP contribution in [-0.2, 0) is 12.8 Å². The van der Waals surface area contributed by atoms with Crippen LogP contribution in [0.1, 0.15) is 40.3 Å². The van der Waals surface area contributed by atoms with E-state index >= 15 is 0 Å². The molecule has 6 heteroatoms. The van der Waals surface area contributed by atoms with Gasteiger partial charge < -0.3 is 9.47 Å². The molecule has 0 bridgehead atoms. The number of benzene rings is 8. The average molecular weight is 819 g/mol. The standard InChI is InChI=1S/C20H18O.C13H14O.C13H10S.C8H7F3/c1-16-7-9-18(10-8-16)19-11-13-20(14-12-19)21-15-17-5-3-2-4-6-17;1-3-14-13-7-6-11-8-10(2)4-5-12(11)9-13;1-9-6-7-11-10-4-2-3-5-12(10)14-13(11)8-9;1-6-2-4-7(5-3-6)8(9,10)11/h2-14H,15H2,1H3;4-9H,3H2,1-2H3;2-8H,1H3;2-5H,1H3. The van der Waals surface area contributed by atoms with E-state index in [0.29, 0.717) is 6.61 Å². The van der Waals surface area contributed by atoms with E-state index in [9.17, 15) is 13.2 Å². The molecule has 1 aromatic heterocycles. The Hall–Kier alpha value is -6.37. The van der Waals surface area contributed by atoms with Crippen molar-refractivity contribution in [1.29, 1.82) is 0 Å². The second-order valence-corrected chi connectivity index (χ2v) is 15.7. The molecule has 9 rings (SSSR count). The summed E-state index contributed by atoms with van der Waals surface area (Å²) < 4.78 is 49.8. The predicted octanol–water partition coefficient (Wildman–Crippen LogP) is 16.2.